The molecule has 1 unspecified atom stereocenters. The van der Waals surface area contributed by atoms with Crippen LogP contribution in [-0.2, 0) is 9.84 Å². The van der Waals surface area contributed by atoms with E-state index in [-0.39, 0.29) is 10.6 Å². The van der Waals surface area contributed by atoms with E-state index in [1.807, 2.05) is 0 Å². The van der Waals surface area contributed by atoms with Crippen LogP contribution in [0.5, 0.6) is 0 Å². The molecule has 0 saturated carbocycles. The normalized spacial score (nSPS) is 13.5. The van der Waals surface area contributed by atoms with Crippen LogP contribution in [0.25, 0.3) is 0 Å². The van der Waals surface area contributed by atoms with E-state index in [1.165, 1.54) is 13.0 Å². The van der Waals surface area contributed by atoms with Gasteiger partial charge in [0.05, 0.1) is 5.02 Å². The number of carbonyl (C=O) groups excluding carboxylic acids is 1. The van der Waals surface area contributed by atoms with Crippen molar-refractivity contribution in [2.45, 2.75) is 12.2 Å². The number of hydrogen-bond donors (Lipinski definition) is 0. The molecule has 0 saturated heterocycles. The van der Waals surface area contributed by atoms with Crippen LogP contribution in [0, 0.1) is 5.82 Å². The fourth-order valence-corrected chi connectivity index (χ4v) is 1.83. The van der Waals surface area contributed by atoms with Gasteiger partial charge in [0.15, 0.2) is 15.6 Å². The van der Waals surface area contributed by atoms with Crippen molar-refractivity contribution in [3.05, 3.63) is 34.6 Å². The number of carbonyl (C=O) groups is 1. The Morgan fingerprint density at radius 2 is 2.00 bits per heavy atom. The Balaban J connectivity index is 3.20. The first-order chi connectivity index (χ1) is 7.23. The topological polar surface area (TPSA) is 51.2 Å². The smallest absolute Gasteiger partial charge is 0.182 e. The number of ketones is 1. The summed E-state index contributed by atoms with van der Waals surface area (Å²) in [6, 6.07) is 3.26. The van der Waals surface area contributed by atoms with E-state index >= 15 is 0 Å². The lowest BCUT2D eigenvalue weighted by Crippen LogP contribution is -2.26. The van der Waals surface area contributed by atoms with Gasteiger partial charge in [0.1, 0.15) is 11.1 Å². The van der Waals surface area contributed by atoms with Crippen LogP contribution < -0.4 is 0 Å². The molecule has 0 spiro atoms. The first kappa shape index (κ1) is 13.1. The van der Waals surface area contributed by atoms with E-state index in [1.54, 1.807) is 0 Å². The van der Waals surface area contributed by atoms with Gasteiger partial charge in [-0.3, -0.25) is 4.79 Å². The van der Waals surface area contributed by atoms with Gasteiger partial charge in [-0.2, -0.15) is 0 Å². The summed E-state index contributed by atoms with van der Waals surface area (Å²) in [6.45, 7) is 1.25. The van der Waals surface area contributed by atoms with Crippen molar-refractivity contribution in [3.8, 4) is 0 Å². The van der Waals surface area contributed by atoms with Crippen molar-refractivity contribution < 1.29 is 17.6 Å². The highest BCUT2D eigenvalue weighted by Crippen LogP contribution is 2.20. The van der Waals surface area contributed by atoms with Crippen molar-refractivity contribution in [2.24, 2.45) is 0 Å². The standard InChI is InChI=1S/C10H10ClFO3S/c1-6(16(2,14)15)10(13)8-5-7(12)3-4-9(8)11/h3-6H,1-2H3. The van der Waals surface area contributed by atoms with E-state index in [2.05, 4.69) is 0 Å². The Morgan fingerprint density at radius 3 is 2.50 bits per heavy atom. The van der Waals surface area contributed by atoms with Crippen LogP contribution in [0.3, 0.4) is 0 Å². The molecule has 0 bridgehead atoms. The maximum Gasteiger partial charge on any atom is 0.182 e. The minimum atomic E-state index is -3.51. The van der Waals surface area contributed by atoms with Crippen molar-refractivity contribution in [3.63, 3.8) is 0 Å². The Labute approximate surface area is 98.1 Å². The average molecular weight is 265 g/mol. The second-order valence-electron chi connectivity index (χ2n) is 3.46. The number of halogens is 2. The Kier molecular flexibility index (Phi) is 3.70. The minimum Gasteiger partial charge on any atom is -0.293 e. The summed E-state index contributed by atoms with van der Waals surface area (Å²) in [6.07, 6.45) is 0.947. The molecule has 1 rings (SSSR count). The van der Waals surface area contributed by atoms with E-state index in [0.29, 0.717) is 0 Å². The number of hydrogen-bond acceptors (Lipinski definition) is 3. The first-order valence-electron chi connectivity index (χ1n) is 4.41. The van der Waals surface area contributed by atoms with Crippen LogP contribution in [0.2, 0.25) is 5.02 Å². The molecule has 0 N–H and O–H groups in total. The summed E-state index contributed by atoms with van der Waals surface area (Å²) < 4.78 is 35.3. The molecule has 16 heavy (non-hydrogen) atoms. The van der Waals surface area contributed by atoms with Crippen molar-refractivity contribution in [1.82, 2.24) is 0 Å². The van der Waals surface area contributed by atoms with E-state index < -0.39 is 26.7 Å². The number of benzene rings is 1. The largest absolute Gasteiger partial charge is 0.293 e. The van der Waals surface area contributed by atoms with Crippen LogP contribution in [-0.4, -0.2) is 25.7 Å². The zero-order chi connectivity index (χ0) is 12.5. The van der Waals surface area contributed by atoms with Crippen LogP contribution >= 0.6 is 11.6 Å². The third-order valence-corrected chi connectivity index (χ3v) is 4.03. The highest BCUT2D eigenvalue weighted by atomic mass is 35.5. The molecule has 0 aliphatic rings. The molecule has 0 heterocycles. The highest BCUT2D eigenvalue weighted by Gasteiger charge is 2.26. The van der Waals surface area contributed by atoms with Gasteiger partial charge in [0.2, 0.25) is 0 Å². The maximum absolute atomic E-state index is 12.9. The van der Waals surface area contributed by atoms with Gasteiger partial charge in [-0.05, 0) is 25.1 Å². The lowest BCUT2D eigenvalue weighted by molar-refractivity contribution is 0.0991. The summed E-state index contributed by atoms with van der Waals surface area (Å²) >= 11 is 5.70. The molecule has 1 aromatic carbocycles. The third kappa shape index (κ3) is 2.80. The summed E-state index contributed by atoms with van der Waals surface area (Å²) in [5.41, 5.74) is -0.111. The molecule has 6 heteroatoms. The molecule has 88 valence electrons. The van der Waals surface area contributed by atoms with Gasteiger partial charge >= 0.3 is 0 Å². The number of rotatable bonds is 3. The fourth-order valence-electron chi connectivity index (χ4n) is 1.10. The van der Waals surface area contributed by atoms with E-state index in [4.69, 9.17) is 11.6 Å². The molecule has 0 radical (unpaired) electrons. The van der Waals surface area contributed by atoms with Gasteiger partial charge in [0.25, 0.3) is 0 Å². The van der Waals surface area contributed by atoms with E-state index in [9.17, 15) is 17.6 Å². The van der Waals surface area contributed by atoms with Crippen molar-refractivity contribution in [1.29, 1.82) is 0 Å². The average Bonchev–Trinajstić information content (AvgIpc) is 2.18. The maximum atomic E-state index is 12.9. The second-order valence-corrected chi connectivity index (χ2v) is 6.23. The Morgan fingerprint density at radius 1 is 1.44 bits per heavy atom. The molecule has 0 aliphatic heterocycles. The van der Waals surface area contributed by atoms with Crippen LogP contribution in [0.1, 0.15) is 17.3 Å². The molecular weight excluding hydrogens is 255 g/mol. The summed E-state index contributed by atoms with van der Waals surface area (Å²) in [5.74, 6) is -1.33. The number of sulfone groups is 1. The van der Waals surface area contributed by atoms with Crippen molar-refractivity contribution in [2.75, 3.05) is 6.26 Å². The summed E-state index contributed by atoms with van der Waals surface area (Å²) in [7, 11) is -3.51. The van der Waals surface area contributed by atoms with Gasteiger partial charge in [0, 0.05) is 11.8 Å². The molecular formula is C10H10ClFO3S. The van der Waals surface area contributed by atoms with E-state index in [0.717, 1.165) is 18.4 Å². The molecule has 0 aromatic heterocycles. The Bertz CT molecular complexity index is 525. The van der Waals surface area contributed by atoms with Gasteiger partial charge < -0.3 is 0 Å². The van der Waals surface area contributed by atoms with Crippen LogP contribution in [0.15, 0.2) is 18.2 Å². The molecule has 0 amide bonds. The number of Topliss-reactive ketones (excluding diaryl/α,β-unsaturated/α-hetero) is 1. The van der Waals surface area contributed by atoms with Gasteiger partial charge in [-0.15, -0.1) is 0 Å². The van der Waals surface area contributed by atoms with Gasteiger partial charge in [-0.1, -0.05) is 11.6 Å². The molecule has 3 nitrogen and oxygen atoms in total. The highest BCUT2D eigenvalue weighted by molar-refractivity contribution is 7.92. The summed E-state index contributed by atoms with van der Waals surface area (Å²) in [5, 5.41) is -1.19. The minimum absolute atomic E-state index is 0.0434. The third-order valence-electron chi connectivity index (χ3n) is 2.21. The molecule has 1 aromatic rings. The SMILES string of the molecule is CC(C(=O)c1cc(F)ccc1Cl)S(C)(=O)=O. The fraction of sp³-hybridized carbons (Fsp3) is 0.300. The lowest BCUT2D eigenvalue weighted by Gasteiger charge is -2.09. The zero-order valence-electron chi connectivity index (χ0n) is 8.70. The Hall–Kier alpha value is -0.940. The van der Waals surface area contributed by atoms with Crippen LogP contribution in [0.4, 0.5) is 4.39 Å². The zero-order valence-corrected chi connectivity index (χ0v) is 10.3. The van der Waals surface area contributed by atoms with Gasteiger partial charge in [-0.25, -0.2) is 12.8 Å². The lowest BCUT2D eigenvalue weighted by atomic mass is 10.1. The molecule has 0 fully saturated rings. The molecule has 1 atom stereocenters. The monoisotopic (exact) mass is 264 g/mol. The predicted molar refractivity (Wildman–Crippen MR) is 60.0 cm³/mol. The van der Waals surface area contributed by atoms with Crippen molar-refractivity contribution >= 4 is 27.2 Å². The first-order valence-corrected chi connectivity index (χ1v) is 6.75. The predicted octanol–water partition coefficient (Wildman–Crippen LogP) is 2.09. The summed E-state index contributed by atoms with van der Waals surface area (Å²) in [4.78, 5) is 11.7. The molecule has 0 aliphatic carbocycles. The quantitative estimate of drug-likeness (QED) is 0.786. The second kappa shape index (κ2) is 4.51.